The molecule has 7 aromatic carbocycles. The molecule has 0 spiro atoms. The lowest BCUT2D eigenvalue weighted by Crippen LogP contribution is -2.01. The SMILES string of the molecule is c1ccc(-c2nc(-c3ccccc3)nc(-c3cccc(-c4ncccc4-n4c5ccccc5c5c4ccc4c6ccccc6n(-c6ccccc6)c45)c3)n2)cc1. The number of pyridine rings is 1. The smallest absolute Gasteiger partial charge is 0.164 e. The zero-order chi connectivity index (χ0) is 37.0. The fourth-order valence-corrected chi connectivity index (χ4v) is 8.16. The second kappa shape index (κ2) is 13.0. The molecule has 6 nitrogen and oxygen atoms in total. The second-order valence-corrected chi connectivity index (χ2v) is 13.9. The van der Waals surface area contributed by atoms with Gasteiger partial charge in [0.1, 0.15) is 0 Å². The van der Waals surface area contributed by atoms with Crippen LogP contribution in [-0.2, 0) is 0 Å². The molecule has 0 unspecified atom stereocenters. The molecule has 0 saturated carbocycles. The van der Waals surface area contributed by atoms with Gasteiger partial charge in [-0.2, -0.15) is 0 Å². The molecule has 11 rings (SSSR count). The first-order valence-corrected chi connectivity index (χ1v) is 18.7. The minimum absolute atomic E-state index is 0.602. The van der Waals surface area contributed by atoms with Crippen LogP contribution in [0.3, 0.4) is 0 Å². The van der Waals surface area contributed by atoms with Crippen molar-refractivity contribution in [2.24, 2.45) is 0 Å². The van der Waals surface area contributed by atoms with Crippen molar-refractivity contribution in [2.45, 2.75) is 0 Å². The summed E-state index contributed by atoms with van der Waals surface area (Å²) in [5.74, 6) is 1.86. The number of aromatic nitrogens is 6. The summed E-state index contributed by atoms with van der Waals surface area (Å²) in [7, 11) is 0. The summed E-state index contributed by atoms with van der Waals surface area (Å²) >= 11 is 0. The van der Waals surface area contributed by atoms with Gasteiger partial charge in [-0.25, -0.2) is 15.0 Å². The Morgan fingerprint density at radius 3 is 1.61 bits per heavy atom. The molecule has 11 aromatic rings. The van der Waals surface area contributed by atoms with E-state index in [0.29, 0.717) is 17.5 Å². The highest BCUT2D eigenvalue weighted by molar-refractivity contribution is 6.26. The van der Waals surface area contributed by atoms with Crippen LogP contribution in [0.15, 0.2) is 194 Å². The van der Waals surface area contributed by atoms with Gasteiger partial charge >= 0.3 is 0 Å². The van der Waals surface area contributed by atoms with Crippen molar-refractivity contribution >= 4 is 43.6 Å². The van der Waals surface area contributed by atoms with Crippen LogP contribution in [0.1, 0.15) is 0 Å². The van der Waals surface area contributed by atoms with Gasteiger partial charge in [0.25, 0.3) is 0 Å². The first-order valence-electron chi connectivity index (χ1n) is 18.7. The van der Waals surface area contributed by atoms with E-state index >= 15 is 0 Å². The zero-order valence-corrected chi connectivity index (χ0v) is 30.2. The summed E-state index contributed by atoms with van der Waals surface area (Å²) in [5.41, 5.74) is 11.3. The predicted molar refractivity (Wildman–Crippen MR) is 228 cm³/mol. The van der Waals surface area contributed by atoms with Crippen LogP contribution in [-0.4, -0.2) is 29.1 Å². The van der Waals surface area contributed by atoms with Gasteiger partial charge in [-0.15, -0.1) is 0 Å². The molecule has 4 heterocycles. The van der Waals surface area contributed by atoms with Crippen molar-refractivity contribution in [3.63, 3.8) is 0 Å². The van der Waals surface area contributed by atoms with Gasteiger partial charge in [-0.05, 0) is 48.5 Å². The predicted octanol–water partition coefficient (Wildman–Crippen LogP) is 12.1. The van der Waals surface area contributed by atoms with E-state index < -0.39 is 0 Å². The molecule has 0 amide bonds. The van der Waals surface area contributed by atoms with Crippen molar-refractivity contribution in [2.75, 3.05) is 0 Å². The van der Waals surface area contributed by atoms with E-state index in [1.165, 1.54) is 32.6 Å². The van der Waals surface area contributed by atoms with Crippen molar-refractivity contribution < 1.29 is 0 Å². The number of benzene rings is 7. The van der Waals surface area contributed by atoms with E-state index in [0.717, 1.165) is 50.4 Å². The first-order chi connectivity index (χ1) is 27.8. The van der Waals surface area contributed by atoms with Gasteiger partial charge < -0.3 is 9.13 Å². The minimum atomic E-state index is 0.602. The molecular weight excluding hydrogens is 685 g/mol. The van der Waals surface area contributed by atoms with Crippen molar-refractivity contribution in [1.29, 1.82) is 0 Å². The first kappa shape index (κ1) is 31.8. The van der Waals surface area contributed by atoms with Crippen LogP contribution >= 0.6 is 0 Å². The van der Waals surface area contributed by atoms with E-state index in [1.54, 1.807) is 0 Å². The molecule has 0 bridgehead atoms. The number of hydrogen-bond donors (Lipinski definition) is 0. The van der Waals surface area contributed by atoms with Crippen LogP contribution in [0.5, 0.6) is 0 Å². The van der Waals surface area contributed by atoms with Crippen LogP contribution in [0, 0.1) is 0 Å². The fraction of sp³-hybridized carbons (Fsp3) is 0. The molecule has 56 heavy (non-hydrogen) atoms. The average molecular weight is 717 g/mol. The van der Waals surface area contributed by atoms with E-state index in [2.05, 4.69) is 130 Å². The van der Waals surface area contributed by atoms with Crippen LogP contribution < -0.4 is 0 Å². The van der Waals surface area contributed by atoms with Crippen LogP contribution in [0.25, 0.3) is 100 Å². The topological polar surface area (TPSA) is 61.4 Å². The molecule has 4 aromatic heterocycles. The summed E-state index contributed by atoms with van der Waals surface area (Å²) < 4.78 is 4.79. The van der Waals surface area contributed by atoms with Crippen molar-refractivity contribution in [3.8, 4) is 56.8 Å². The largest absolute Gasteiger partial charge is 0.309 e. The maximum atomic E-state index is 5.07. The third-order valence-corrected chi connectivity index (χ3v) is 10.6. The van der Waals surface area contributed by atoms with Crippen molar-refractivity contribution in [3.05, 3.63) is 194 Å². The van der Waals surface area contributed by atoms with Gasteiger partial charge in [0.05, 0.1) is 33.4 Å². The highest BCUT2D eigenvalue weighted by Crippen LogP contribution is 2.43. The fourth-order valence-electron chi connectivity index (χ4n) is 8.16. The van der Waals surface area contributed by atoms with E-state index in [9.17, 15) is 0 Å². The quantitative estimate of drug-likeness (QED) is 0.172. The lowest BCUT2D eigenvalue weighted by molar-refractivity contribution is 1.07. The minimum Gasteiger partial charge on any atom is -0.309 e. The maximum absolute atomic E-state index is 5.07. The van der Waals surface area contributed by atoms with Gasteiger partial charge in [0.15, 0.2) is 17.5 Å². The van der Waals surface area contributed by atoms with Crippen molar-refractivity contribution in [1.82, 2.24) is 29.1 Å². The van der Waals surface area contributed by atoms with Gasteiger partial charge in [-0.3, -0.25) is 4.98 Å². The Kier molecular flexibility index (Phi) is 7.38. The summed E-state index contributed by atoms with van der Waals surface area (Å²) in [5, 5.41) is 4.84. The Morgan fingerprint density at radius 2 is 0.911 bits per heavy atom. The van der Waals surface area contributed by atoms with E-state index in [1.807, 2.05) is 72.9 Å². The zero-order valence-electron chi connectivity index (χ0n) is 30.2. The summed E-state index contributed by atoms with van der Waals surface area (Å²) in [6, 6.07) is 65.3. The van der Waals surface area contributed by atoms with E-state index in [-0.39, 0.29) is 0 Å². The monoisotopic (exact) mass is 716 g/mol. The summed E-state index contributed by atoms with van der Waals surface area (Å²) in [4.78, 5) is 20.0. The van der Waals surface area contributed by atoms with Crippen LogP contribution in [0.4, 0.5) is 0 Å². The Labute approximate surface area is 322 Å². The number of para-hydroxylation sites is 3. The second-order valence-electron chi connectivity index (χ2n) is 13.9. The summed E-state index contributed by atoms with van der Waals surface area (Å²) in [6.45, 7) is 0. The molecule has 0 aliphatic carbocycles. The highest BCUT2D eigenvalue weighted by atomic mass is 15.0. The number of nitrogens with zero attached hydrogens (tertiary/aromatic N) is 6. The van der Waals surface area contributed by atoms with Gasteiger partial charge in [-0.1, -0.05) is 140 Å². The average Bonchev–Trinajstić information content (AvgIpc) is 3.80. The lowest BCUT2D eigenvalue weighted by atomic mass is 10.0. The van der Waals surface area contributed by atoms with Gasteiger partial charge in [0.2, 0.25) is 0 Å². The molecule has 6 heteroatoms. The Hall–Kier alpha value is -7.70. The third-order valence-electron chi connectivity index (χ3n) is 10.6. The number of fused-ring (bicyclic) bond motifs is 7. The Bertz CT molecular complexity index is 3180. The molecule has 0 N–H and O–H groups in total. The number of rotatable bonds is 6. The molecule has 0 radical (unpaired) electrons. The number of hydrogen-bond acceptors (Lipinski definition) is 4. The molecule has 0 atom stereocenters. The van der Waals surface area contributed by atoms with E-state index in [4.69, 9.17) is 19.9 Å². The summed E-state index contributed by atoms with van der Waals surface area (Å²) in [6.07, 6.45) is 1.87. The lowest BCUT2D eigenvalue weighted by Gasteiger charge is -2.14. The molecule has 0 fully saturated rings. The molecular formula is C50H32N6. The third kappa shape index (κ3) is 5.11. The highest BCUT2D eigenvalue weighted by Gasteiger charge is 2.22. The molecule has 0 aliphatic rings. The Balaban J connectivity index is 1.13. The molecule has 262 valence electrons. The standard InChI is InChI=1S/C50H32N6/c1-4-16-33(17-5-1)48-52-49(34-18-6-2-7-19-34)54-50(53-48)36-21-14-20-35(32-36)46-44(28-15-31-51-46)56-42-27-13-11-25-40(42)45-43(56)30-29-39-38-24-10-12-26-41(38)55(47(39)45)37-22-8-3-9-23-37/h1-32H. The van der Waals surface area contributed by atoms with Gasteiger partial charge in [0, 0.05) is 55.7 Å². The maximum Gasteiger partial charge on any atom is 0.164 e. The molecule has 0 saturated heterocycles. The Morgan fingerprint density at radius 1 is 0.357 bits per heavy atom. The molecule has 0 aliphatic heterocycles. The normalized spacial score (nSPS) is 11.6. The van der Waals surface area contributed by atoms with Crippen LogP contribution in [0.2, 0.25) is 0 Å².